The lowest BCUT2D eigenvalue weighted by molar-refractivity contribution is -0.139. The van der Waals surface area contributed by atoms with Gasteiger partial charge in [-0.3, -0.25) is 13.9 Å². The highest BCUT2D eigenvalue weighted by atomic mass is 32.2. The number of sulfonamides is 1. The predicted molar refractivity (Wildman–Crippen MR) is 152 cm³/mol. The third-order valence-electron chi connectivity index (χ3n) is 6.92. The molecule has 2 amide bonds. The van der Waals surface area contributed by atoms with Gasteiger partial charge in [0.2, 0.25) is 21.8 Å². The number of anilines is 1. The van der Waals surface area contributed by atoms with E-state index in [9.17, 15) is 22.4 Å². The van der Waals surface area contributed by atoms with E-state index < -0.39 is 34.3 Å². The van der Waals surface area contributed by atoms with Gasteiger partial charge < -0.3 is 15.0 Å². The summed E-state index contributed by atoms with van der Waals surface area (Å²) in [6.45, 7) is 1.12. The van der Waals surface area contributed by atoms with Crippen molar-refractivity contribution in [2.75, 3.05) is 17.1 Å². The van der Waals surface area contributed by atoms with Crippen LogP contribution in [-0.2, 0) is 26.2 Å². The second kappa shape index (κ2) is 13.0. The van der Waals surface area contributed by atoms with Crippen LogP contribution in [0.15, 0.2) is 78.9 Å². The van der Waals surface area contributed by atoms with Gasteiger partial charge in [-0.25, -0.2) is 12.8 Å². The van der Waals surface area contributed by atoms with Crippen LogP contribution >= 0.6 is 0 Å². The lowest BCUT2D eigenvalue weighted by Crippen LogP contribution is -2.52. The molecule has 1 aliphatic rings. The van der Waals surface area contributed by atoms with Crippen LogP contribution in [-0.4, -0.2) is 50.0 Å². The van der Waals surface area contributed by atoms with Gasteiger partial charge in [0.05, 0.1) is 11.9 Å². The highest BCUT2D eigenvalue weighted by Crippen LogP contribution is 2.26. The van der Waals surface area contributed by atoms with E-state index in [1.807, 2.05) is 18.2 Å². The largest absolute Gasteiger partial charge is 0.457 e. The number of para-hydroxylation sites is 1. The Labute approximate surface area is 234 Å². The van der Waals surface area contributed by atoms with Crippen molar-refractivity contribution in [1.82, 2.24) is 10.2 Å². The molecule has 3 aromatic carbocycles. The summed E-state index contributed by atoms with van der Waals surface area (Å²) >= 11 is 0. The second-order valence-corrected chi connectivity index (χ2v) is 11.9. The average molecular weight is 568 g/mol. The van der Waals surface area contributed by atoms with Crippen LogP contribution in [0.25, 0.3) is 0 Å². The molecular weight excluding hydrogens is 533 g/mol. The zero-order valence-electron chi connectivity index (χ0n) is 22.6. The molecule has 10 heteroatoms. The molecule has 0 bridgehead atoms. The first-order chi connectivity index (χ1) is 19.1. The Kier molecular flexibility index (Phi) is 9.42. The van der Waals surface area contributed by atoms with Crippen molar-refractivity contribution in [3.63, 3.8) is 0 Å². The zero-order valence-corrected chi connectivity index (χ0v) is 23.4. The minimum Gasteiger partial charge on any atom is -0.457 e. The SMILES string of the molecule is CC(C(=O)NC1CCCC1)N(Cc1ccc(F)cc1)C(=O)CN(c1ccc(Oc2ccccc2)cc1)S(C)(=O)=O. The normalized spacial score (nSPS) is 14.4. The molecule has 8 nitrogen and oxygen atoms in total. The van der Waals surface area contributed by atoms with Gasteiger partial charge in [-0.2, -0.15) is 0 Å². The van der Waals surface area contributed by atoms with E-state index in [2.05, 4.69) is 5.32 Å². The first kappa shape index (κ1) is 29.1. The lowest BCUT2D eigenvalue weighted by atomic mass is 10.1. The van der Waals surface area contributed by atoms with E-state index in [0.29, 0.717) is 17.1 Å². The molecule has 1 saturated carbocycles. The number of carbonyl (C=O) groups excluding carboxylic acids is 2. The van der Waals surface area contributed by atoms with Crippen LogP contribution in [0.2, 0.25) is 0 Å². The van der Waals surface area contributed by atoms with E-state index in [1.165, 1.54) is 29.2 Å². The molecule has 0 aromatic heterocycles. The van der Waals surface area contributed by atoms with Gasteiger partial charge in [0.25, 0.3) is 0 Å². The fourth-order valence-electron chi connectivity index (χ4n) is 4.68. The van der Waals surface area contributed by atoms with Gasteiger partial charge in [0.1, 0.15) is 29.9 Å². The van der Waals surface area contributed by atoms with Crippen LogP contribution in [0, 0.1) is 5.82 Å². The maximum Gasteiger partial charge on any atom is 0.244 e. The van der Waals surface area contributed by atoms with Gasteiger partial charge in [0.15, 0.2) is 0 Å². The monoisotopic (exact) mass is 567 g/mol. The molecule has 0 spiro atoms. The van der Waals surface area contributed by atoms with Crippen LogP contribution in [0.1, 0.15) is 38.2 Å². The molecular formula is C30H34FN3O5S. The highest BCUT2D eigenvalue weighted by Gasteiger charge is 2.31. The van der Waals surface area contributed by atoms with Crippen LogP contribution < -0.4 is 14.4 Å². The highest BCUT2D eigenvalue weighted by molar-refractivity contribution is 7.92. The van der Waals surface area contributed by atoms with E-state index >= 15 is 0 Å². The molecule has 1 atom stereocenters. The van der Waals surface area contributed by atoms with Gasteiger partial charge >= 0.3 is 0 Å². The summed E-state index contributed by atoms with van der Waals surface area (Å²) in [7, 11) is -3.87. The van der Waals surface area contributed by atoms with E-state index in [4.69, 9.17) is 4.74 Å². The van der Waals surface area contributed by atoms with Crippen molar-refractivity contribution in [2.24, 2.45) is 0 Å². The minimum absolute atomic E-state index is 0.0137. The Morgan fingerprint density at radius 1 is 0.950 bits per heavy atom. The topological polar surface area (TPSA) is 96.0 Å². The van der Waals surface area contributed by atoms with Gasteiger partial charge in [0, 0.05) is 12.6 Å². The molecule has 1 unspecified atom stereocenters. The first-order valence-corrected chi connectivity index (χ1v) is 15.1. The standard InChI is InChI=1S/C30H34FN3O5S/c1-22(30(36)32-25-8-6-7-9-25)33(20-23-12-14-24(31)15-13-23)29(35)21-34(40(2,37)38)26-16-18-28(19-17-26)39-27-10-4-3-5-11-27/h3-5,10-19,22,25H,6-9,20-21H2,1-2H3,(H,32,36). The Balaban J connectivity index is 1.55. The van der Waals surface area contributed by atoms with Crippen molar-refractivity contribution >= 4 is 27.5 Å². The molecule has 1 N–H and O–H groups in total. The summed E-state index contributed by atoms with van der Waals surface area (Å²) in [6, 6.07) is 20.3. The summed E-state index contributed by atoms with van der Waals surface area (Å²) < 4.78 is 45.9. The summed E-state index contributed by atoms with van der Waals surface area (Å²) in [6.07, 6.45) is 4.87. The van der Waals surface area contributed by atoms with Gasteiger partial charge in [-0.15, -0.1) is 0 Å². The second-order valence-electron chi connectivity index (χ2n) is 9.99. The van der Waals surface area contributed by atoms with Gasteiger partial charge in [-0.1, -0.05) is 43.2 Å². The Morgan fingerprint density at radius 3 is 2.15 bits per heavy atom. The zero-order chi connectivity index (χ0) is 28.7. The van der Waals surface area contributed by atoms with Crippen molar-refractivity contribution in [2.45, 2.75) is 51.2 Å². The van der Waals surface area contributed by atoms with E-state index in [1.54, 1.807) is 43.3 Å². The lowest BCUT2D eigenvalue weighted by Gasteiger charge is -2.32. The van der Waals surface area contributed by atoms with Crippen molar-refractivity contribution in [1.29, 1.82) is 0 Å². The van der Waals surface area contributed by atoms with Crippen LogP contribution in [0.4, 0.5) is 10.1 Å². The molecule has 0 aliphatic heterocycles. The molecule has 1 fully saturated rings. The molecule has 3 aromatic rings. The number of hydrogen-bond acceptors (Lipinski definition) is 5. The summed E-state index contributed by atoms with van der Waals surface area (Å²) in [4.78, 5) is 28.1. The number of ether oxygens (including phenoxy) is 1. The number of nitrogens with one attached hydrogen (secondary N) is 1. The number of hydrogen-bond donors (Lipinski definition) is 1. The summed E-state index contributed by atoms with van der Waals surface area (Å²) in [5.41, 5.74) is 0.893. The summed E-state index contributed by atoms with van der Waals surface area (Å²) in [5, 5.41) is 3.01. The minimum atomic E-state index is -3.87. The van der Waals surface area contributed by atoms with Crippen molar-refractivity contribution in [3.05, 3.63) is 90.2 Å². The molecule has 212 valence electrons. The molecule has 1 aliphatic carbocycles. The van der Waals surface area contributed by atoms with Crippen LogP contribution in [0.5, 0.6) is 11.5 Å². The average Bonchev–Trinajstić information content (AvgIpc) is 3.44. The number of halogens is 1. The third kappa shape index (κ3) is 7.81. The molecule has 0 radical (unpaired) electrons. The maximum atomic E-state index is 13.7. The number of benzene rings is 3. The quantitative estimate of drug-likeness (QED) is 0.357. The van der Waals surface area contributed by atoms with E-state index in [-0.39, 0.29) is 24.2 Å². The number of carbonyl (C=O) groups is 2. The molecule has 0 heterocycles. The molecule has 4 rings (SSSR count). The third-order valence-corrected chi connectivity index (χ3v) is 8.06. The Bertz CT molecular complexity index is 1390. The number of nitrogens with zero attached hydrogens (tertiary/aromatic N) is 2. The number of rotatable bonds is 11. The first-order valence-electron chi connectivity index (χ1n) is 13.2. The fraction of sp³-hybridized carbons (Fsp3) is 0.333. The maximum absolute atomic E-state index is 13.7. The fourth-order valence-corrected chi connectivity index (χ4v) is 5.53. The van der Waals surface area contributed by atoms with Gasteiger partial charge in [-0.05, 0) is 73.9 Å². The van der Waals surface area contributed by atoms with E-state index in [0.717, 1.165) is 36.2 Å². The smallest absolute Gasteiger partial charge is 0.244 e. The Morgan fingerprint density at radius 2 is 1.55 bits per heavy atom. The van der Waals surface area contributed by atoms with Crippen molar-refractivity contribution in [3.8, 4) is 11.5 Å². The Hall–Kier alpha value is -3.92. The molecule has 0 saturated heterocycles. The van der Waals surface area contributed by atoms with Crippen molar-refractivity contribution < 1.29 is 27.1 Å². The summed E-state index contributed by atoms with van der Waals surface area (Å²) in [5.74, 6) is -0.155. The molecule has 40 heavy (non-hydrogen) atoms. The van der Waals surface area contributed by atoms with Crippen LogP contribution in [0.3, 0.4) is 0 Å². The predicted octanol–water partition coefficient (Wildman–Crippen LogP) is 4.86. The number of amides is 2.